The van der Waals surface area contributed by atoms with Crippen molar-refractivity contribution in [3.63, 3.8) is 0 Å². The minimum Gasteiger partial charge on any atom is -0.295 e. The fraction of sp³-hybridized carbons (Fsp3) is 0.857. The van der Waals surface area contributed by atoms with Crippen LogP contribution >= 0.6 is 12.2 Å². The zero-order chi connectivity index (χ0) is 9.03. The van der Waals surface area contributed by atoms with Crippen molar-refractivity contribution in [2.24, 2.45) is 0 Å². The molecule has 5 heteroatoms. The smallest absolute Gasteiger partial charge is 0.195 e. The molecule has 4 nitrogen and oxygen atoms in total. The molecule has 1 fully saturated rings. The van der Waals surface area contributed by atoms with E-state index in [4.69, 9.17) is 12.2 Å². The number of unbranched alkanes of at least 4 members (excludes halogenated alkanes) is 1. The number of rotatable bonds is 3. The number of nitrogens with one attached hydrogen (secondary N) is 4. The van der Waals surface area contributed by atoms with Gasteiger partial charge in [0.15, 0.2) is 5.11 Å². The van der Waals surface area contributed by atoms with Crippen molar-refractivity contribution < 1.29 is 0 Å². The summed E-state index contributed by atoms with van der Waals surface area (Å²) in [4.78, 5) is 0. The van der Waals surface area contributed by atoms with E-state index in [1.807, 2.05) is 0 Å². The Morgan fingerprint density at radius 3 is 2.42 bits per heavy atom. The molecule has 0 aromatic rings. The van der Waals surface area contributed by atoms with E-state index in [0.29, 0.717) is 5.11 Å². The number of hydrogen-bond donors (Lipinski definition) is 4. The van der Waals surface area contributed by atoms with Gasteiger partial charge in [-0.2, -0.15) is 0 Å². The maximum atomic E-state index is 4.87. The Balaban J connectivity index is 2.34. The minimum absolute atomic E-state index is 0.0989. The Labute approximate surface area is 78.4 Å². The number of hydrogen-bond acceptors (Lipinski definition) is 3. The summed E-state index contributed by atoms with van der Waals surface area (Å²) in [7, 11) is 0. The van der Waals surface area contributed by atoms with E-state index in [9.17, 15) is 0 Å². The van der Waals surface area contributed by atoms with Crippen LogP contribution in [0.3, 0.4) is 0 Å². The lowest BCUT2D eigenvalue weighted by Crippen LogP contribution is -2.72. The Morgan fingerprint density at radius 1 is 1.33 bits per heavy atom. The molecule has 0 aliphatic carbocycles. The monoisotopic (exact) mass is 188 g/mol. The summed E-state index contributed by atoms with van der Waals surface area (Å²) in [5, 5.41) is 0.587. The summed E-state index contributed by atoms with van der Waals surface area (Å²) in [6.07, 6.45) is 3.45. The molecule has 4 N–H and O–H groups in total. The van der Waals surface area contributed by atoms with E-state index in [2.05, 4.69) is 35.6 Å². The standard InChI is InChI=1S/C7H16N4S/c1-3-4-5-7(2)10-8-6(12)9-11-7/h10-11H,3-5H2,1-2H3,(H2,8,9,12). The Kier molecular flexibility index (Phi) is 3.25. The van der Waals surface area contributed by atoms with Gasteiger partial charge in [0, 0.05) is 0 Å². The van der Waals surface area contributed by atoms with Crippen LogP contribution in [0.4, 0.5) is 0 Å². The van der Waals surface area contributed by atoms with Crippen LogP contribution in [-0.2, 0) is 0 Å². The molecule has 1 saturated heterocycles. The molecule has 0 spiro atoms. The highest BCUT2D eigenvalue weighted by molar-refractivity contribution is 7.80. The Bertz CT molecular complexity index is 161. The van der Waals surface area contributed by atoms with Crippen molar-refractivity contribution in [2.75, 3.05) is 0 Å². The van der Waals surface area contributed by atoms with Crippen molar-refractivity contribution in [1.82, 2.24) is 21.7 Å². The third-order valence-corrected chi connectivity index (χ3v) is 2.14. The largest absolute Gasteiger partial charge is 0.295 e. The summed E-state index contributed by atoms with van der Waals surface area (Å²) in [5.74, 6) is 0. The molecule has 0 amide bonds. The van der Waals surface area contributed by atoms with Gasteiger partial charge in [-0.1, -0.05) is 19.8 Å². The predicted molar refractivity (Wildman–Crippen MR) is 53.1 cm³/mol. The van der Waals surface area contributed by atoms with Crippen LogP contribution in [0.5, 0.6) is 0 Å². The molecule has 0 radical (unpaired) electrons. The molecule has 0 atom stereocenters. The first-order valence-corrected chi connectivity index (χ1v) is 4.67. The highest BCUT2D eigenvalue weighted by Gasteiger charge is 2.26. The lowest BCUT2D eigenvalue weighted by Gasteiger charge is -2.37. The molecule has 1 heterocycles. The summed E-state index contributed by atoms with van der Waals surface area (Å²) >= 11 is 4.87. The van der Waals surface area contributed by atoms with E-state index in [0.717, 1.165) is 6.42 Å². The fourth-order valence-corrected chi connectivity index (χ4v) is 1.21. The topological polar surface area (TPSA) is 48.1 Å². The van der Waals surface area contributed by atoms with Crippen molar-refractivity contribution >= 4 is 17.3 Å². The predicted octanol–water partition coefficient (Wildman–Crippen LogP) is 0.380. The lowest BCUT2D eigenvalue weighted by molar-refractivity contribution is 0.206. The molecule has 1 aliphatic rings. The van der Waals surface area contributed by atoms with Crippen LogP contribution in [0.1, 0.15) is 33.1 Å². The average Bonchev–Trinajstić information content (AvgIpc) is 2.08. The van der Waals surface area contributed by atoms with Crippen molar-refractivity contribution in [2.45, 2.75) is 38.8 Å². The molecule has 1 aliphatic heterocycles. The van der Waals surface area contributed by atoms with Gasteiger partial charge in [0.25, 0.3) is 0 Å². The molecule has 1 rings (SSSR count). The molecule has 0 saturated carbocycles. The van der Waals surface area contributed by atoms with Crippen LogP contribution in [0.25, 0.3) is 0 Å². The molecule has 0 unspecified atom stereocenters. The van der Waals surface area contributed by atoms with Crippen LogP contribution in [0.15, 0.2) is 0 Å². The zero-order valence-corrected chi connectivity index (χ0v) is 8.35. The molecule has 0 aromatic heterocycles. The normalized spacial score (nSPS) is 21.3. The van der Waals surface area contributed by atoms with Crippen LogP contribution in [0, 0.1) is 0 Å². The fourth-order valence-electron chi connectivity index (χ4n) is 1.11. The maximum Gasteiger partial charge on any atom is 0.195 e. The van der Waals surface area contributed by atoms with Crippen molar-refractivity contribution in [3.8, 4) is 0 Å². The quantitative estimate of drug-likeness (QED) is 0.482. The highest BCUT2D eigenvalue weighted by atomic mass is 32.1. The van der Waals surface area contributed by atoms with E-state index >= 15 is 0 Å². The second-order valence-electron chi connectivity index (χ2n) is 3.26. The van der Waals surface area contributed by atoms with Gasteiger partial charge in [-0.05, 0) is 25.6 Å². The minimum atomic E-state index is -0.0989. The summed E-state index contributed by atoms with van der Waals surface area (Å²) in [6.45, 7) is 4.27. The van der Waals surface area contributed by atoms with E-state index < -0.39 is 0 Å². The first-order valence-electron chi connectivity index (χ1n) is 4.26. The second kappa shape index (κ2) is 4.02. The average molecular weight is 188 g/mol. The first-order chi connectivity index (χ1) is 5.66. The summed E-state index contributed by atoms with van der Waals surface area (Å²) in [6, 6.07) is 0. The number of thiocarbonyl (C=S) groups is 1. The Hall–Kier alpha value is -0.390. The van der Waals surface area contributed by atoms with Crippen LogP contribution in [0.2, 0.25) is 0 Å². The molecular weight excluding hydrogens is 172 g/mol. The molecule has 0 aromatic carbocycles. The third-order valence-electron chi connectivity index (χ3n) is 1.93. The number of hydrazine groups is 2. The van der Waals surface area contributed by atoms with E-state index in [-0.39, 0.29) is 5.66 Å². The summed E-state index contributed by atoms with van der Waals surface area (Å²) in [5.41, 5.74) is 11.9. The maximum absolute atomic E-state index is 4.87. The van der Waals surface area contributed by atoms with Gasteiger partial charge in [0.1, 0.15) is 5.66 Å². The van der Waals surface area contributed by atoms with Crippen LogP contribution in [-0.4, -0.2) is 10.8 Å². The third kappa shape index (κ3) is 2.58. The molecule has 0 bridgehead atoms. The van der Waals surface area contributed by atoms with Gasteiger partial charge < -0.3 is 0 Å². The van der Waals surface area contributed by atoms with Crippen LogP contribution < -0.4 is 21.7 Å². The van der Waals surface area contributed by atoms with Gasteiger partial charge in [0.2, 0.25) is 0 Å². The summed E-state index contributed by atoms with van der Waals surface area (Å²) < 4.78 is 0. The van der Waals surface area contributed by atoms with Crippen molar-refractivity contribution in [3.05, 3.63) is 0 Å². The van der Waals surface area contributed by atoms with Gasteiger partial charge in [-0.25, -0.2) is 10.9 Å². The van der Waals surface area contributed by atoms with E-state index in [1.165, 1.54) is 12.8 Å². The second-order valence-corrected chi connectivity index (χ2v) is 3.67. The molecule has 70 valence electrons. The SMILES string of the molecule is CCCCC1(C)NNC(=S)NN1. The first kappa shape index (κ1) is 9.70. The lowest BCUT2D eigenvalue weighted by atomic mass is 10.1. The Morgan fingerprint density at radius 2 is 1.92 bits per heavy atom. The van der Waals surface area contributed by atoms with Gasteiger partial charge in [0.05, 0.1) is 0 Å². The van der Waals surface area contributed by atoms with Gasteiger partial charge in [-0.15, -0.1) is 0 Å². The van der Waals surface area contributed by atoms with Crippen molar-refractivity contribution in [1.29, 1.82) is 0 Å². The molecule has 12 heavy (non-hydrogen) atoms. The van der Waals surface area contributed by atoms with Gasteiger partial charge >= 0.3 is 0 Å². The molecular formula is C7H16N4S. The van der Waals surface area contributed by atoms with E-state index in [1.54, 1.807) is 0 Å². The highest BCUT2D eigenvalue weighted by Crippen LogP contribution is 2.09. The zero-order valence-electron chi connectivity index (χ0n) is 7.53. The van der Waals surface area contributed by atoms with Gasteiger partial charge in [-0.3, -0.25) is 10.9 Å².